The smallest absolute Gasteiger partial charge is 0.122 e. The van der Waals surface area contributed by atoms with Crippen LogP contribution in [0.5, 0.6) is 0 Å². The molecule has 0 aliphatic rings. The third-order valence-corrected chi connectivity index (χ3v) is 3.91. The Morgan fingerprint density at radius 2 is 2.27 bits per heavy atom. The first-order valence-corrected chi connectivity index (χ1v) is 5.91. The second kappa shape index (κ2) is 4.06. The van der Waals surface area contributed by atoms with Crippen LogP contribution in [0.15, 0.2) is 24.4 Å². The zero-order chi connectivity index (χ0) is 10.8. The molecule has 1 unspecified atom stereocenters. The van der Waals surface area contributed by atoms with Gasteiger partial charge in [0.15, 0.2) is 0 Å². The lowest BCUT2D eigenvalue weighted by atomic mass is 10.2. The number of thiophene rings is 1. The maximum Gasteiger partial charge on any atom is 0.122 e. The molecule has 2 aromatic heterocycles. The SMILES string of the molecule is CCc1ccc(C(C)n2nccc2N)s1. The van der Waals surface area contributed by atoms with E-state index in [1.807, 2.05) is 22.1 Å². The second-order valence-corrected chi connectivity index (χ2v) is 4.73. The van der Waals surface area contributed by atoms with E-state index in [1.165, 1.54) is 9.75 Å². The van der Waals surface area contributed by atoms with Crippen molar-refractivity contribution in [2.45, 2.75) is 26.3 Å². The minimum absolute atomic E-state index is 0.227. The fourth-order valence-electron chi connectivity index (χ4n) is 1.58. The van der Waals surface area contributed by atoms with Crippen LogP contribution in [0.4, 0.5) is 5.82 Å². The molecule has 1 atom stereocenters. The summed E-state index contributed by atoms with van der Waals surface area (Å²) in [5, 5.41) is 4.23. The molecule has 2 heterocycles. The van der Waals surface area contributed by atoms with Gasteiger partial charge in [-0.2, -0.15) is 5.10 Å². The highest BCUT2D eigenvalue weighted by atomic mass is 32.1. The van der Waals surface area contributed by atoms with Crippen LogP contribution in [0.3, 0.4) is 0 Å². The van der Waals surface area contributed by atoms with Gasteiger partial charge >= 0.3 is 0 Å². The predicted octanol–water partition coefficient (Wildman–Crippen LogP) is 2.70. The molecule has 0 radical (unpaired) electrons. The Morgan fingerprint density at radius 1 is 1.47 bits per heavy atom. The molecule has 0 saturated heterocycles. The Hall–Kier alpha value is -1.29. The highest BCUT2D eigenvalue weighted by molar-refractivity contribution is 7.12. The Kier molecular flexibility index (Phi) is 2.77. The zero-order valence-corrected chi connectivity index (χ0v) is 9.79. The third-order valence-electron chi connectivity index (χ3n) is 2.51. The topological polar surface area (TPSA) is 43.8 Å². The number of nitrogens with zero attached hydrogens (tertiary/aromatic N) is 2. The number of anilines is 1. The summed E-state index contributed by atoms with van der Waals surface area (Å²) in [6.45, 7) is 4.29. The number of hydrogen-bond donors (Lipinski definition) is 1. The second-order valence-electron chi connectivity index (χ2n) is 3.53. The molecule has 0 aliphatic heterocycles. The maximum absolute atomic E-state index is 5.82. The molecule has 0 aliphatic carbocycles. The fraction of sp³-hybridized carbons (Fsp3) is 0.364. The Labute approximate surface area is 93.5 Å². The van der Waals surface area contributed by atoms with E-state index >= 15 is 0 Å². The van der Waals surface area contributed by atoms with Crippen molar-refractivity contribution in [3.63, 3.8) is 0 Å². The molecular formula is C11H15N3S. The van der Waals surface area contributed by atoms with Crippen molar-refractivity contribution >= 4 is 17.2 Å². The average molecular weight is 221 g/mol. The molecule has 3 nitrogen and oxygen atoms in total. The van der Waals surface area contributed by atoms with Gasteiger partial charge in [-0.15, -0.1) is 11.3 Å². The van der Waals surface area contributed by atoms with Crippen molar-refractivity contribution in [2.24, 2.45) is 0 Å². The van der Waals surface area contributed by atoms with Crippen LogP contribution in [0.25, 0.3) is 0 Å². The van der Waals surface area contributed by atoms with Crippen LogP contribution < -0.4 is 5.73 Å². The van der Waals surface area contributed by atoms with Gasteiger partial charge in [0, 0.05) is 9.75 Å². The van der Waals surface area contributed by atoms with Gasteiger partial charge in [-0.1, -0.05) is 6.92 Å². The van der Waals surface area contributed by atoms with Crippen molar-refractivity contribution in [1.82, 2.24) is 9.78 Å². The van der Waals surface area contributed by atoms with Gasteiger partial charge in [0.1, 0.15) is 5.82 Å². The third kappa shape index (κ3) is 1.90. The first-order chi connectivity index (χ1) is 7.22. The van der Waals surface area contributed by atoms with Crippen molar-refractivity contribution in [1.29, 1.82) is 0 Å². The minimum Gasteiger partial charge on any atom is -0.384 e. The molecule has 0 bridgehead atoms. The van der Waals surface area contributed by atoms with Crippen LogP contribution in [0.2, 0.25) is 0 Å². The maximum atomic E-state index is 5.82. The largest absolute Gasteiger partial charge is 0.384 e. The highest BCUT2D eigenvalue weighted by Crippen LogP contribution is 2.27. The summed E-state index contributed by atoms with van der Waals surface area (Å²) in [4.78, 5) is 2.71. The van der Waals surface area contributed by atoms with Crippen LogP contribution >= 0.6 is 11.3 Å². The molecule has 0 fully saturated rings. The van der Waals surface area contributed by atoms with E-state index in [4.69, 9.17) is 5.73 Å². The molecule has 0 saturated carbocycles. The number of hydrogen-bond acceptors (Lipinski definition) is 3. The number of aryl methyl sites for hydroxylation is 1. The Bertz CT molecular complexity index is 444. The number of aromatic nitrogens is 2. The fourth-order valence-corrected chi connectivity index (χ4v) is 2.57. The summed E-state index contributed by atoms with van der Waals surface area (Å²) in [7, 11) is 0. The Morgan fingerprint density at radius 3 is 2.80 bits per heavy atom. The van der Waals surface area contributed by atoms with E-state index in [1.54, 1.807) is 6.20 Å². The van der Waals surface area contributed by atoms with Gasteiger partial charge in [-0.05, 0) is 31.5 Å². The molecular weight excluding hydrogens is 206 g/mol. The lowest BCUT2D eigenvalue weighted by molar-refractivity contribution is 0.581. The normalized spacial score (nSPS) is 12.9. The summed E-state index contributed by atoms with van der Waals surface area (Å²) in [5.41, 5.74) is 5.82. The van der Waals surface area contributed by atoms with E-state index < -0.39 is 0 Å². The number of nitrogens with two attached hydrogens (primary N) is 1. The highest BCUT2D eigenvalue weighted by Gasteiger charge is 2.12. The van der Waals surface area contributed by atoms with E-state index in [9.17, 15) is 0 Å². The van der Waals surface area contributed by atoms with Crippen molar-refractivity contribution < 1.29 is 0 Å². The first-order valence-electron chi connectivity index (χ1n) is 5.10. The molecule has 80 valence electrons. The first kappa shape index (κ1) is 10.2. The quantitative estimate of drug-likeness (QED) is 0.866. The van der Waals surface area contributed by atoms with Gasteiger partial charge in [0.25, 0.3) is 0 Å². The molecule has 0 amide bonds. The number of nitrogen functional groups attached to an aromatic ring is 1. The van der Waals surface area contributed by atoms with Crippen LogP contribution in [-0.2, 0) is 6.42 Å². The van der Waals surface area contributed by atoms with E-state index in [2.05, 4.69) is 31.1 Å². The average Bonchev–Trinajstić information content (AvgIpc) is 2.84. The standard InChI is InChI=1S/C11H15N3S/c1-3-9-4-5-10(15-9)8(2)14-11(12)6-7-13-14/h4-8H,3,12H2,1-2H3. The summed E-state index contributed by atoms with van der Waals surface area (Å²) in [6.07, 6.45) is 2.83. The van der Waals surface area contributed by atoms with Gasteiger partial charge < -0.3 is 5.73 Å². The lowest BCUT2D eigenvalue weighted by Crippen LogP contribution is -2.09. The summed E-state index contributed by atoms with van der Waals surface area (Å²) >= 11 is 1.83. The molecule has 2 N–H and O–H groups in total. The van der Waals surface area contributed by atoms with Crippen molar-refractivity contribution in [2.75, 3.05) is 5.73 Å². The molecule has 15 heavy (non-hydrogen) atoms. The lowest BCUT2D eigenvalue weighted by Gasteiger charge is -2.11. The van der Waals surface area contributed by atoms with Gasteiger partial charge in [0.05, 0.1) is 12.2 Å². The van der Waals surface area contributed by atoms with Gasteiger partial charge in [-0.3, -0.25) is 0 Å². The van der Waals surface area contributed by atoms with Crippen molar-refractivity contribution in [3.8, 4) is 0 Å². The van der Waals surface area contributed by atoms with Crippen LogP contribution in [0.1, 0.15) is 29.6 Å². The molecule has 4 heteroatoms. The van der Waals surface area contributed by atoms with Crippen LogP contribution in [-0.4, -0.2) is 9.78 Å². The van der Waals surface area contributed by atoms with Crippen molar-refractivity contribution in [3.05, 3.63) is 34.2 Å². The predicted molar refractivity (Wildman–Crippen MR) is 64.1 cm³/mol. The summed E-state index contributed by atoms with van der Waals surface area (Å²) < 4.78 is 1.85. The monoisotopic (exact) mass is 221 g/mol. The number of rotatable bonds is 3. The molecule has 2 aromatic rings. The minimum atomic E-state index is 0.227. The van der Waals surface area contributed by atoms with Gasteiger partial charge in [0.2, 0.25) is 0 Å². The molecule has 2 rings (SSSR count). The van der Waals surface area contributed by atoms with E-state index in [0.29, 0.717) is 5.82 Å². The van der Waals surface area contributed by atoms with Gasteiger partial charge in [-0.25, -0.2) is 4.68 Å². The summed E-state index contributed by atoms with van der Waals surface area (Å²) in [5.74, 6) is 0.717. The molecule has 0 aromatic carbocycles. The zero-order valence-electron chi connectivity index (χ0n) is 8.97. The summed E-state index contributed by atoms with van der Waals surface area (Å²) in [6, 6.07) is 6.39. The van der Waals surface area contributed by atoms with Crippen LogP contribution in [0, 0.1) is 0 Å². The molecule has 0 spiro atoms. The van der Waals surface area contributed by atoms with E-state index in [0.717, 1.165) is 6.42 Å². The van der Waals surface area contributed by atoms with E-state index in [-0.39, 0.29) is 6.04 Å². The Balaban J connectivity index is 2.28.